The first-order chi connectivity index (χ1) is 15.0. The fourth-order valence-corrected chi connectivity index (χ4v) is 4.28. The number of aromatic nitrogens is 2. The SMILES string of the molecule is Cn1c(=O)c2ccccc2n2c(C(=S)NC(=O)c3ccc(F)cc3)c3ccccc3c12. The molecule has 0 spiro atoms. The average molecular weight is 429 g/mol. The summed E-state index contributed by atoms with van der Waals surface area (Å²) in [5.41, 5.74) is 2.19. The molecule has 0 saturated heterocycles. The Bertz CT molecular complexity index is 1580. The maximum Gasteiger partial charge on any atom is 0.261 e. The summed E-state index contributed by atoms with van der Waals surface area (Å²) < 4.78 is 16.7. The molecule has 0 aliphatic heterocycles. The van der Waals surface area contributed by atoms with Crippen molar-refractivity contribution in [2.24, 2.45) is 7.05 Å². The van der Waals surface area contributed by atoms with E-state index in [1.54, 1.807) is 17.7 Å². The second-order valence-corrected chi connectivity index (χ2v) is 7.63. The number of carbonyl (C=O) groups excluding carboxylic acids is 1. The van der Waals surface area contributed by atoms with Gasteiger partial charge in [0.1, 0.15) is 16.5 Å². The average Bonchev–Trinajstić information content (AvgIpc) is 3.13. The van der Waals surface area contributed by atoms with Gasteiger partial charge in [0.15, 0.2) is 0 Å². The lowest BCUT2D eigenvalue weighted by molar-refractivity contribution is 0.0978. The van der Waals surface area contributed by atoms with Crippen molar-refractivity contribution in [2.75, 3.05) is 0 Å². The first kappa shape index (κ1) is 19.1. The van der Waals surface area contributed by atoms with Crippen LogP contribution in [0.3, 0.4) is 0 Å². The highest BCUT2D eigenvalue weighted by Crippen LogP contribution is 2.29. The molecule has 0 aliphatic carbocycles. The Kier molecular flexibility index (Phi) is 4.41. The number of nitrogens with zero attached hydrogens (tertiary/aromatic N) is 2. The topological polar surface area (TPSA) is 55.5 Å². The predicted octanol–water partition coefficient (Wildman–Crippen LogP) is 4.19. The molecular weight excluding hydrogens is 413 g/mol. The number of fused-ring (bicyclic) bond motifs is 5. The van der Waals surface area contributed by atoms with Crippen LogP contribution in [0.1, 0.15) is 16.1 Å². The predicted molar refractivity (Wildman–Crippen MR) is 123 cm³/mol. The van der Waals surface area contributed by atoms with Gasteiger partial charge in [-0.25, -0.2) is 4.39 Å². The molecule has 7 heteroatoms. The maximum absolute atomic E-state index is 13.2. The molecule has 1 amide bonds. The Morgan fingerprint density at radius 1 is 0.903 bits per heavy atom. The molecule has 0 saturated carbocycles. The number of para-hydroxylation sites is 1. The van der Waals surface area contributed by atoms with Gasteiger partial charge in [0, 0.05) is 23.4 Å². The second kappa shape index (κ2) is 7.14. The van der Waals surface area contributed by atoms with Crippen molar-refractivity contribution >= 4 is 50.4 Å². The molecule has 1 N–H and O–H groups in total. The molecule has 31 heavy (non-hydrogen) atoms. The lowest BCUT2D eigenvalue weighted by Crippen LogP contribution is -2.31. The minimum atomic E-state index is -0.432. The third-order valence-electron chi connectivity index (χ3n) is 5.40. The molecular formula is C24H16FN3O2S. The van der Waals surface area contributed by atoms with Gasteiger partial charge in [-0.05, 0) is 36.4 Å². The van der Waals surface area contributed by atoms with Crippen LogP contribution in [0.4, 0.5) is 4.39 Å². The molecule has 0 unspecified atom stereocenters. The van der Waals surface area contributed by atoms with Gasteiger partial charge in [0.25, 0.3) is 11.5 Å². The summed E-state index contributed by atoms with van der Waals surface area (Å²) >= 11 is 5.66. The smallest absolute Gasteiger partial charge is 0.261 e. The van der Waals surface area contributed by atoms with Crippen molar-refractivity contribution in [1.29, 1.82) is 0 Å². The molecule has 2 heterocycles. The number of nitrogens with one attached hydrogen (secondary N) is 1. The normalized spacial score (nSPS) is 11.3. The molecule has 5 rings (SSSR count). The Labute approximate surface area is 181 Å². The Balaban J connectivity index is 1.78. The van der Waals surface area contributed by atoms with E-state index in [0.717, 1.165) is 10.8 Å². The van der Waals surface area contributed by atoms with Gasteiger partial charge >= 0.3 is 0 Å². The van der Waals surface area contributed by atoms with Crippen molar-refractivity contribution in [3.8, 4) is 0 Å². The highest BCUT2D eigenvalue weighted by atomic mass is 32.1. The molecule has 5 nitrogen and oxygen atoms in total. The van der Waals surface area contributed by atoms with Crippen LogP contribution in [0.25, 0.3) is 27.3 Å². The van der Waals surface area contributed by atoms with Crippen LogP contribution in [-0.4, -0.2) is 19.9 Å². The Morgan fingerprint density at radius 3 is 2.23 bits per heavy atom. The number of carbonyl (C=O) groups is 1. The lowest BCUT2D eigenvalue weighted by Gasteiger charge is -2.12. The molecule has 5 aromatic rings. The molecule has 0 aliphatic rings. The van der Waals surface area contributed by atoms with Gasteiger partial charge in [-0.15, -0.1) is 0 Å². The van der Waals surface area contributed by atoms with Crippen molar-refractivity contribution in [1.82, 2.24) is 14.3 Å². The summed E-state index contributed by atoms with van der Waals surface area (Å²) in [6.45, 7) is 0. The van der Waals surface area contributed by atoms with Gasteiger partial charge in [0.05, 0.1) is 16.6 Å². The Morgan fingerprint density at radius 2 is 1.52 bits per heavy atom. The summed E-state index contributed by atoms with van der Waals surface area (Å²) in [5, 5.41) is 4.98. The summed E-state index contributed by atoms with van der Waals surface area (Å²) in [6, 6.07) is 20.2. The third kappa shape index (κ3) is 2.93. The van der Waals surface area contributed by atoms with Crippen molar-refractivity contribution in [2.45, 2.75) is 0 Å². The number of rotatable bonds is 2. The van der Waals surface area contributed by atoms with E-state index in [0.29, 0.717) is 27.8 Å². The fourth-order valence-electron chi connectivity index (χ4n) is 3.98. The number of thiocarbonyl (C=S) groups is 1. The Hall–Kier alpha value is -3.84. The lowest BCUT2D eigenvalue weighted by atomic mass is 10.1. The number of hydrogen-bond acceptors (Lipinski definition) is 3. The van der Waals surface area contributed by atoms with E-state index < -0.39 is 11.7 Å². The molecule has 0 bridgehead atoms. The highest BCUT2D eigenvalue weighted by Gasteiger charge is 2.21. The number of amides is 1. The number of hydrogen-bond donors (Lipinski definition) is 1. The van der Waals surface area contributed by atoms with Crippen molar-refractivity contribution in [3.05, 3.63) is 100 Å². The van der Waals surface area contributed by atoms with E-state index in [9.17, 15) is 14.0 Å². The van der Waals surface area contributed by atoms with Crippen LogP contribution >= 0.6 is 12.2 Å². The number of halogens is 1. The van der Waals surface area contributed by atoms with E-state index >= 15 is 0 Å². The molecule has 2 aromatic heterocycles. The number of benzene rings is 3. The summed E-state index contributed by atoms with van der Waals surface area (Å²) in [6.07, 6.45) is 0. The fraction of sp³-hybridized carbons (Fsp3) is 0.0417. The molecule has 152 valence electrons. The van der Waals surface area contributed by atoms with Crippen LogP contribution in [0, 0.1) is 5.82 Å². The molecule has 3 aromatic carbocycles. The van der Waals surface area contributed by atoms with Crippen LogP contribution in [0.15, 0.2) is 77.6 Å². The van der Waals surface area contributed by atoms with E-state index in [1.165, 1.54) is 24.3 Å². The van der Waals surface area contributed by atoms with Crippen LogP contribution < -0.4 is 10.9 Å². The van der Waals surface area contributed by atoms with Gasteiger partial charge in [-0.1, -0.05) is 48.6 Å². The summed E-state index contributed by atoms with van der Waals surface area (Å²) in [4.78, 5) is 25.9. The standard InChI is InChI=1S/C24H16FN3O2S/c1-27-23-17-7-3-2-6-16(17)20(28(23)19-9-5-4-8-18(19)24(27)30)22(31)26-21(29)14-10-12-15(25)13-11-14/h2-13H,1H3,(H,26,29,31). The van der Waals surface area contributed by atoms with Crippen molar-refractivity contribution in [3.63, 3.8) is 0 Å². The van der Waals surface area contributed by atoms with Gasteiger partial charge in [-0.2, -0.15) is 0 Å². The van der Waals surface area contributed by atoms with Crippen LogP contribution in [0.2, 0.25) is 0 Å². The largest absolute Gasteiger partial charge is 0.311 e. The van der Waals surface area contributed by atoms with E-state index in [1.807, 2.05) is 46.9 Å². The summed E-state index contributed by atoms with van der Waals surface area (Å²) in [5.74, 6) is -0.853. The molecule has 0 atom stereocenters. The zero-order valence-electron chi connectivity index (χ0n) is 16.4. The monoisotopic (exact) mass is 429 g/mol. The van der Waals surface area contributed by atoms with E-state index in [2.05, 4.69) is 5.32 Å². The highest BCUT2D eigenvalue weighted by molar-refractivity contribution is 7.80. The first-order valence-corrected chi connectivity index (χ1v) is 10.0. The first-order valence-electron chi connectivity index (χ1n) is 9.59. The van der Waals surface area contributed by atoms with Gasteiger partial charge in [-0.3, -0.25) is 18.6 Å². The maximum atomic E-state index is 13.2. The zero-order chi connectivity index (χ0) is 21.7. The van der Waals surface area contributed by atoms with Gasteiger partial charge in [0.2, 0.25) is 0 Å². The number of aryl methyl sites for hydroxylation is 1. The molecule has 0 fully saturated rings. The van der Waals surface area contributed by atoms with Gasteiger partial charge < -0.3 is 5.32 Å². The van der Waals surface area contributed by atoms with Crippen LogP contribution in [0.5, 0.6) is 0 Å². The molecule has 0 radical (unpaired) electrons. The van der Waals surface area contributed by atoms with Crippen LogP contribution in [-0.2, 0) is 7.05 Å². The minimum absolute atomic E-state index is 0.112. The quantitative estimate of drug-likeness (QED) is 0.428. The van der Waals surface area contributed by atoms with E-state index in [4.69, 9.17) is 12.2 Å². The third-order valence-corrected chi connectivity index (χ3v) is 5.70. The minimum Gasteiger partial charge on any atom is -0.311 e. The summed E-state index contributed by atoms with van der Waals surface area (Å²) in [7, 11) is 1.72. The van der Waals surface area contributed by atoms with Crippen molar-refractivity contribution < 1.29 is 9.18 Å². The van der Waals surface area contributed by atoms with E-state index in [-0.39, 0.29) is 10.5 Å². The second-order valence-electron chi connectivity index (χ2n) is 7.22. The zero-order valence-corrected chi connectivity index (χ0v) is 17.2.